The maximum Gasteiger partial charge on any atom is 0.251 e. The van der Waals surface area contributed by atoms with E-state index in [1.807, 2.05) is 69.3 Å². The fourth-order valence-corrected chi connectivity index (χ4v) is 4.04. The van der Waals surface area contributed by atoms with Gasteiger partial charge in [-0.2, -0.15) is 0 Å². The summed E-state index contributed by atoms with van der Waals surface area (Å²) in [4.78, 5) is 13.1. The zero-order chi connectivity index (χ0) is 22.0. The summed E-state index contributed by atoms with van der Waals surface area (Å²) in [6.07, 6.45) is 0.692. The molecule has 0 radical (unpaired) electrons. The number of carbonyl (C=O) groups is 1. The quantitative estimate of drug-likeness (QED) is 0.514. The number of halogens is 1. The lowest BCUT2D eigenvalue weighted by molar-refractivity contribution is 0.0619. The van der Waals surface area contributed by atoms with Crippen LogP contribution in [0.5, 0.6) is 11.5 Å². The molecule has 0 spiro atoms. The molecule has 1 aliphatic rings. The second-order valence-corrected chi connectivity index (χ2v) is 8.95. The summed E-state index contributed by atoms with van der Waals surface area (Å²) in [5.41, 5.74) is 3.24. The molecule has 1 atom stereocenters. The van der Waals surface area contributed by atoms with E-state index in [4.69, 9.17) is 21.1 Å². The largest absolute Gasteiger partial charge is 0.489 e. The van der Waals surface area contributed by atoms with Crippen molar-refractivity contribution in [2.75, 3.05) is 0 Å². The highest BCUT2D eigenvalue weighted by Crippen LogP contribution is 2.40. The Morgan fingerprint density at radius 3 is 2.74 bits per heavy atom. The molecule has 31 heavy (non-hydrogen) atoms. The van der Waals surface area contributed by atoms with Gasteiger partial charge in [0.15, 0.2) is 0 Å². The van der Waals surface area contributed by atoms with Crippen molar-refractivity contribution in [2.24, 2.45) is 0 Å². The summed E-state index contributed by atoms with van der Waals surface area (Å²) in [6, 6.07) is 20.7. The molecule has 0 bridgehead atoms. The Morgan fingerprint density at radius 1 is 1.13 bits per heavy atom. The van der Waals surface area contributed by atoms with Crippen molar-refractivity contribution in [3.63, 3.8) is 0 Å². The second-order valence-electron chi connectivity index (χ2n) is 8.54. The first-order valence-electron chi connectivity index (χ1n) is 10.4. The van der Waals surface area contributed by atoms with Crippen LogP contribution in [0, 0.1) is 6.92 Å². The van der Waals surface area contributed by atoms with Crippen molar-refractivity contribution in [3.8, 4) is 11.5 Å². The van der Waals surface area contributed by atoms with Crippen molar-refractivity contribution in [1.82, 2.24) is 5.32 Å². The lowest BCUT2D eigenvalue weighted by Crippen LogP contribution is -2.41. The number of fused-ring (bicyclic) bond motifs is 1. The molecule has 1 heterocycles. The first-order chi connectivity index (χ1) is 14.8. The Labute approximate surface area is 188 Å². The SMILES string of the molecule is Cc1ccc2c(c1)C(NC(=O)c1cccc(OCc3ccccc3Cl)c1)CC(C)(C)O2. The number of amides is 1. The van der Waals surface area contributed by atoms with Crippen molar-refractivity contribution < 1.29 is 14.3 Å². The fourth-order valence-electron chi connectivity index (χ4n) is 3.85. The van der Waals surface area contributed by atoms with Gasteiger partial charge in [0, 0.05) is 28.1 Å². The van der Waals surface area contributed by atoms with Crippen LogP contribution in [0.2, 0.25) is 5.02 Å². The number of rotatable bonds is 5. The van der Waals surface area contributed by atoms with Crippen LogP contribution >= 0.6 is 11.6 Å². The highest BCUT2D eigenvalue weighted by molar-refractivity contribution is 6.31. The lowest BCUT2D eigenvalue weighted by Gasteiger charge is -2.38. The molecular weight excluding hydrogens is 410 g/mol. The molecule has 0 aliphatic carbocycles. The molecule has 4 rings (SSSR count). The summed E-state index contributed by atoms with van der Waals surface area (Å²) >= 11 is 6.20. The molecular formula is C26H26ClNO3. The molecule has 1 aliphatic heterocycles. The molecule has 0 saturated heterocycles. The second kappa shape index (κ2) is 8.64. The Kier molecular flexibility index (Phi) is 5.92. The molecule has 0 fully saturated rings. The standard InChI is InChI=1S/C26H26ClNO3/c1-17-11-12-24-21(13-17)23(15-26(2,3)31-24)28-25(29)18-8-6-9-20(14-18)30-16-19-7-4-5-10-22(19)27/h4-14,23H,15-16H2,1-3H3,(H,28,29). The van der Waals surface area contributed by atoms with Gasteiger partial charge in [0.1, 0.15) is 23.7 Å². The van der Waals surface area contributed by atoms with Gasteiger partial charge in [-0.05, 0) is 51.1 Å². The maximum absolute atomic E-state index is 13.1. The predicted octanol–water partition coefficient (Wildman–Crippen LogP) is 6.26. The topological polar surface area (TPSA) is 47.6 Å². The zero-order valence-corrected chi connectivity index (χ0v) is 18.7. The van der Waals surface area contributed by atoms with E-state index in [0.717, 1.165) is 22.4 Å². The number of hydrogen-bond donors (Lipinski definition) is 1. The minimum Gasteiger partial charge on any atom is -0.489 e. The van der Waals surface area contributed by atoms with Crippen molar-refractivity contribution in [1.29, 1.82) is 0 Å². The summed E-state index contributed by atoms with van der Waals surface area (Å²) in [6.45, 7) is 6.46. The number of ether oxygens (including phenoxy) is 2. The average molecular weight is 436 g/mol. The first kappa shape index (κ1) is 21.3. The molecule has 0 aromatic heterocycles. The molecule has 1 amide bonds. The van der Waals surface area contributed by atoms with Gasteiger partial charge < -0.3 is 14.8 Å². The molecule has 160 valence electrons. The molecule has 5 heteroatoms. The van der Waals surface area contributed by atoms with Crippen LogP contribution in [0.25, 0.3) is 0 Å². The van der Waals surface area contributed by atoms with Gasteiger partial charge in [-0.1, -0.05) is 53.6 Å². The van der Waals surface area contributed by atoms with E-state index in [2.05, 4.69) is 11.4 Å². The number of nitrogens with one attached hydrogen (secondary N) is 1. The van der Waals surface area contributed by atoms with Gasteiger partial charge in [-0.25, -0.2) is 0 Å². The highest BCUT2D eigenvalue weighted by atomic mass is 35.5. The van der Waals surface area contributed by atoms with Crippen LogP contribution in [0.4, 0.5) is 0 Å². The molecule has 1 unspecified atom stereocenters. The van der Waals surface area contributed by atoms with E-state index in [-0.39, 0.29) is 17.6 Å². The molecule has 3 aromatic rings. The fraction of sp³-hybridized carbons (Fsp3) is 0.269. The van der Waals surface area contributed by atoms with Gasteiger partial charge >= 0.3 is 0 Å². The molecule has 3 aromatic carbocycles. The van der Waals surface area contributed by atoms with Crippen molar-refractivity contribution in [2.45, 2.75) is 45.4 Å². The Balaban J connectivity index is 1.50. The van der Waals surface area contributed by atoms with Crippen LogP contribution in [0.3, 0.4) is 0 Å². The van der Waals surface area contributed by atoms with Gasteiger partial charge in [0.25, 0.3) is 5.91 Å². The third kappa shape index (κ3) is 5.02. The summed E-state index contributed by atoms with van der Waals surface area (Å²) in [5, 5.41) is 3.85. The van der Waals surface area contributed by atoms with Gasteiger partial charge in [0.05, 0.1) is 6.04 Å². The zero-order valence-electron chi connectivity index (χ0n) is 17.9. The molecule has 1 N–H and O–H groups in total. The third-order valence-electron chi connectivity index (χ3n) is 5.38. The number of hydrogen-bond acceptors (Lipinski definition) is 3. The van der Waals surface area contributed by atoms with Gasteiger partial charge in [-0.15, -0.1) is 0 Å². The van der Waals surface area contributed by atoms with Crippen LogP contribution in [-0.2, 0) is 6.61 Å². The third-order valence-corrected chi connectivity index (χ3v) is 5.75. The Morgan fingerprint density at radius 2 is 1.94 bits per heavy atom. The van der Waals surface area contributed by atoms with Crippen LogP contribution in [0.15, 0.2) is 66.7 Å². The van der Waals surface area contributed by atoms with Crippen molar-refractivity contribution in [3.05, 3.63) is 94.0 Å². The first-order valence-corrected chi connectivity index (χ1v) is 10.8. The molecule has 0 saturated carbocycles. The monoisotopic (exact) mass is 435 g/mol. The lowest BCUT2D eigenvalue weighted by atomic mass is 9.88. The van der Waals surface area contributed by atoms with Crippen molar-refractivity contribution >= 4 is 17.5 Å². The smallest absolute Gasteiger partial charge is 0.251 e. The van der Waals surface area contributed by atoms with E-state index in [9.17, 15) is 4.79 Å². The Hall–Kier alpha value is -2.98. The van der Waals surface area contributed by atoms with Crippen LogP contribution < -0.4 is 14.8 Å². The summed E-state index contributed by atoms with van der Waals surface area (Å²) < 4.78 is 12.0. The van der Waals surface area contributed by atoms with Gasteiger partial charge in [0.2, 0.25) is 0 Å². The average Bonchev–Trinajstić information content (AvgIpc) is 2.73. The van der Waals surface area contributed by atoms with Crippen LogP contribution in [0.1, 0.15) is 53.4 Å². The normalized spacial score (nSPS) is 16.7. The van der Waals surface area contributed by atoms with E-state index >= 15 is 0 Å². The minimum absolute atomic E-state index is 0.126. The number of aryl methyl sites for hydroxylation is 1. The summed E-state index contributed by atoms with van der Waals surface area (Å²) in [7, 11) is 0. The van der Waals surface area contributed by atoms with E-state index in [1.54, 1.807) is 12.1 Å². The Bertz CT molecular complexity index is 1110. The van der Waals surface area contributed by atoms with E-state index < -0.39 is 0 Å². The summed E-state index contributed by atoms with van der Waals surface area (Å²) in [5.74, 6) is 1.30. The number of carbonyl (C=O) groups excluding carboxylic acids is 1. The van der Waals surface area contributed by atoms with E-state index in [0.29, 0.717) is 29.4 Å². The maximum atomic E-state index is 13.1. The van der Waals surface area contributed by atoms with E-state index in [1.165, 1.54) is 0 Å². The van der Waals surface area contributed by atoms with Crippen LogP contribution in [-0.4, -0.2) is 11.5 Å². The highest BCUT2D eigenvalue weighted by Gasteiger charge is 2.34. The molecule has 4 nitrogen and oxygen atoms in total. The van der Waals surface area contributed by atoms with Gasteiger partial charge in [-0.3, -0.25) is 4.79 Å². The minimum atomic E-state index is -0.361. The number of benzene rings is 3. The predicted molar refractivity (Wildman–Crippen MR) is 123 cm³/mol.